The zero-order chi connectivity index (χ0) is 19.8. The van der Waals surface area contributed by atoms with Crippen LogP contribution in [0.2, 0.25) is 5.15 Å². The van der Waals surface area contributed by atoms with E-state index in [0.29, 0.717) is 17.7 Å². The molecule has 1 aromatic carbocycles. The van der Waals surface area contributed by atoms with Gasteiger partial charge < -0.3 is 14.5 Å². The standard InChI is InChI=1S/C21H27ClN4O2/c1-3-28-23-15-18-4-5-19(16(2)14-18)27-13-10-17-8-11-26(12-9-17)21-7-6-20(22)24-25-21/h4-7,14-15,17H,3,8-13H2,1-2H3/b23-15+. The van der Waals surface area contributed by atoms with Crippen LogP contribution in [0.25, 0.3) is 0 Å². The number of oxime groups is 1. The topological polar surface area (TPSA) is 59.8 Å². The molecule has 2 aromatic rings. The molecule has 1 fully saturated rings. The lowest BCUT2D eigenvalue weighted by molar-refractivity contribution is 0.160. The van der Waals surface area contributed by atoms with Gasteiger partial charge in [-0.15, -0.1) is 10.2 Å². The van der Waals surface area contributed by atoms with Gasteiger partial charge in [-0.1, -0.05) is 16.8 Å². The van der Waals surface area contributed by atoms with Crippen molar-refractivity contribution in [2.75, 3.05) is 31.2 Å². The van der Waals surface area contributed by atoms with E-state index in [4.69, 9.17) is 21.2 Å². The molecule has 28 heavy (non-hydrogen) atoms. The van der Waals surface area contributed by atoms with Crippen LogP contribution in [0, 0.1) is 12.8 Å². The highest BCUT2D eigenvalue weighted by Gasteiger charge is 2.20. The van der Waals surface area contributed by atoms with Gasteiger partial charge in [0.25, 0.3) is 0 Å². The predicted octanol–water partition coefficient (Wildman–Crippen LogP) is 4.49. The maximum atomic E-state index is 6.02. The number of ether oxygens (including phenoxy) is 1. The first-order valence-electron chi connectivity index (χ1n) is 9.78. The summed E-state index contributed by atoms with van der Waals surface area (Å²) < 4.78 is 6.02. The highest BCUT2D eigenvalue weighted by atomic mass is 35.5. The van der Waals surface area contributed by atoms with E-state index in [1.54, 1.807) is 12.3 Å². The Labute approximate surface area is 171 Å². The van der Waals surface area contributed by atoms with Gasteiger partial charge in [0.05, 0.1) is 12.8 Å². The molecule has 0 saturated carbocycles. The number of aryl methyl sites for hydroxylation is 1. The van der Waals surface area contributed by atoms with Crippen molar-refractivity contribution in [2.24, 2.45) is 11.1 Å². The third kappa shape index (κ3) is 5.83. The summed E-state index contributed by atoms with van der Waals surface area (Å²) in [5.41, 5.74) is 2.12. The first-order chi connectivity index (χ1) is 13.7. The average Bonchev–Trinajstić information content (AvgIpc) is 2.71. The normalized spacial score (nSPS) is 15.2. The van der Waals surface area contributed by atoms with E-state index in [9.17, 15) is 0 Å². The molecule has 0 atom stereocenters. The smallest absolute Gasteiger partial charge is 0.151 e. The lowest BCUT2D eigenvalue weighted by Gasteiger charge is -2.32. The molecule has 0 radical (unpaired) electrons. The number of hydrogen-bond donors (Lipinski definition) is 0. The molecule has 150 valence electrons. The number of rotatable bonds is 8. The average molecular weight is 403 g/mol. The van der Waals surface area contributed by atoms with Crippen LogP contribution in [0.3, 0.4) is 0 Å². The number of piperidine rings is 1. The fourth-order valence-corrected chi connectivity index (χ4v) is 3.45. The number of aromatic nitrogens is 2. The van der Waals surface area contributed by atoms with Gasteiger partial charge >= 0.3 is 0 Å². The fraction of sp³-hybridized carbons (Fsp3) is 0.476. The van der Waals surface area contributed by atoms with Gasteiger partial charge in [0, 0.05) is 13.1 Å². The maximum Gasteiger partial charge on any atom is 0.151 e. The summed E-state index contributed by atoms with van der Waals surface area (Å²) in [4.78, 5) is 7.27. The van der Waals surface area contributed by atoms with E-state index in [1.807, 2.05) is 25.1 Å². The molecule has 0 spiro atoms. The van der Waals surface area contributed by atoms with E-state index in [0.717, 1.165) is 61.7 Å². The van der Waals surface area contributed by atoms with Crippen LogP contribution in [0.15, 0.2) is 35.5 Å². The summed E-state index contributed by atoms with van der Waals surface area (Å²) in [6, 6.07) is 9.79. The summed E-state index contributed by atoms with van der Waals surface area (Å²) >= 11 is 5.81. The monoisotopic (exact) mass is 402 g/mol. The summed E-state index contributed by atoms with van der Waals surface area (Å²) in [5, 5.41) is 12.4. The lowest BCUT2D eigenvalue weighted by atomic mass is 9.94. The van der Waals surface area contributed by atoms with Crippen molar-refractivity contribution < 1.29 is 9.57 Å². The third-order valence-corrected chi connectivity index (χ3v) is 5.15. The van der Waals surface area contributed by atoms with Gasteiger partial charge in [-0.3, -0.25) is 0 Å². The van der Waals surface area contributed by atoms with Crippen LogP contribution < -0.4 is 9.64 Å². The number of benzene rings is 1. The van der Waals surface area contributed by atoms with Gasteiger partial charge in [-0.2, -0.15) is 0 Å². The van der Waals surface area contributed by atoms with Crippen molar-refractivity contribution in [3.63, 3.8) is 0 Å². The number of hydrogen-bond acceptors (Lipinski definition) is 6. The van der Waals surface area contributed by atoms with Crippen molar-refractivity contribution >= 4 is 23.6 Å². The fourth-order valence-electron chi connectivity index (χ4n) is 3.35. The molecule has 7 heteroatoms. The Balaban J connectivity index is 1.41. The van der Waals surface area contributed by atoms with Crippen LogP contribution in [0.5, 0.6) is 5.75 Å². The Bertz CT molecular complexity index is 774. The number of halogens is 1. The molecule has 1 aliphatic heterocycles. The number of anilines is 1. The maximum absolute atomic E-state index is 6.02. The van der Waals surface area contributed by atoms with Gasteiger partial charge in [0.1, 0.15) is 12.4 Å². The lowest BCUT2D eigenvalue weighted by Crippen LogP contribution is -2.34. The van der Waals surface area contributed by atoms with Crippen molar-refractivity contribution in [1.29, 1.82) is 0 Å². The molecule has 0 N–H and O–H groups in total. The quantitative estimate of drug-likeness (QED) is 0.480. The minimum absolute atomic E-state index is 0.431. The Morgan fingerprint density at radius 3 is 2.71 bits per heavy atom. The molecule has 6 nitrogen and oxygen atoms in total. The van der Waals surface area contributed by atoms with E-state index in [-0.39, 0.29) is 0 Å². The molecule has 0 aliphatic carbocycles. The second-order valence-electron chi connectivity index (χ2n) is 6.96. The Kier molecular flexibility index (Phi) is 7.48. The molecule has 3 rings (SSSR count). The summed E-state index contributed by atoms with van der Waals surface area (Å²) in [5.74, 6) is 2.51. The van der Waals surface area contributed by atoms with E-state index < -0.39 is 0 Å². The largest absolute Gasteiger partial charge is 0.493 e. The number of nitrogens with zero attached hydrogens (tertiary/aromatic N) is 4. The first kappa shape index (κ1) is 20.4. The molecule has 0 amide bonds. The van der Waals surface area contributed by atoms with Crippen LogP contribution >= 0.6 is 11.6 Å². The Morgan fingerprint density at radius 2 is 2.04 bits per heavy atom. The van der Waals surface area contributed by atoms with Gasteiger partial charge in [0.2, 0.25) is 0 Å². The minimum atomic E-state index is 0.431. The van der Waals surface area contributed by atoms with Crippen molar-refractivity contribution in [1.82, 2.24) is 10.2 Å². The molecular weight excluding hydrogens is 376 g/mol. The van der Waals surface area contributed by atoms with E-state index in [1.165, 1.54) is 0 Å². The molecular formula is C21H27ClN4O2. The predicted molar refractivity (Wildman–Crippen MR) is 112 cm³/mol. The van der Waals surface area contributed by atoms with Gasteiger partial charge in [0.15, 0.2) is 11.0 Å². The zero-order valence-corrected chi connectivity index (χ0v) is 17.2. The van der Waals surface area contributed by atoms with E-state index in [2.05, 4.69) is 33.2 Å². The van der Waals surface area contributed by atoms with Gasteiger partial charge in [-0.25, -0.2) is 0 Å². The van der Waals surface area contributed by atoms with Crippen LogP contribution in [-0.2, 0) is 4.84 Å². The van der Waals surface area contributed by atoms with Crippen molar-refractivity contribution in [2.45, 2.75) is 33.1 Å². The highest BCUT2D eigenvalue weighted by Crippen LogP contribution is 2.25. The first-order valence-corrected chi connectivity index (χ1v) is 10.2. The Morgan fingerprint density at radius 1 is 1.21 bits per heavy atom. The molecule has 2 heterocycles. The Hall–Kier alpha value is -2.34. The molecule has 1 aliphatic rings. The van der Waals surface area contributed by atoms with Crippen LogP contribution in [0.4, 0.5) is 5.82 Å². The minimum Gasteiger partial charge on any atom is -0.493 e. The molecule has 0 bridgehead atoms. The second-order valence-corrected chi connectivity index (χ2v) is 7.35. The zero-order valence-electron chi connectivity index (χ0n) is 16.5. The summed E-state index contributed by atoms with van der Waals surface area (Å²) in [6.45, 7) is 7.26. The van der Waals surface area contributed by atoms with Gasteiger partial charge in [-0.05, 0) is 80.5 Å². The molecule has 0 unspecified atom stereocenters. The SMILES string of the molecule is CCO/N=C/c1ccc(OCCC2CCN(c3ccc(Cl)nn3)CC2)c(C)c1. The molecule has 1 saturated heterocycles. The molecule has 1 aromatic heterocycles. The summed E-state index contributed by atoms with van der Waals surface area (Å²) in [6.07, 6.45) is 5.06. The van der Waals surface area contributed by atoms with Crippen LogP contribution in [-0.4, -0.2) is 42.7 Å². The van der Waals surface area contributed by atoms with Crippen molar-refractivity contribution in [3.8, 4) is 5.75 Å². The highest BCUT2D eigenvalue weighted by molar-refractivity contribution is 6.29. The van der Waals surface area contributed by atoms with E-state index >= 15 is 0 Å². The summed E-state index contributed by atoms with van der Waals surface area (Å²) in [7, 11) is 0. The van der Waals surface area contributed by atoms with Crippen LogP contribution in [0.1, 0.15) is 37.3 Å². The van der Waals surface area contributed by atoms with Crippen molar-refractivity contribution in [3.05, 3.63) is 46.6 Å². The second kappa shape index (κ2) is 10.3. The third-order valence-electron chi connectivity index (χ3n) is 4.94.